The van der Waals surface area contributed by atoms with E-state index in [0.717, 1.165) is 25.7 Å². The van der Waals surface area contributed by atoms with E-state index in [0.29, 0.717) is 13.2 Å². The van der Waals surface area contributed by atoms with Crippen molar-refractivity contribution in [1.29, 1.82) is 0 Å². The molecule has 116 valence electrons. The van der Waals surface area contributed by atoms with Crippen molar-refractivity contribution in [2.45, 2.75) is 69.8 Å². The second kappa shape index (κ2) is 8.33. The van der Waals surface area contributed by atoms with Crippen molar-refractivity contribution in [3.05, 3.63) is 0 Å². The fourth-order valence-corrected chi connectivity index (χ4v) is 9.20. The van der Waals surface area contributed by atoms with E-state index < -0.39 is 19.4 Å². The van der Waals surface area contributed by atoms with Crippen LogP contribution in [-0.2, 0) is 13.6 Å². The number of hydrogen-bond acceptors (Lipinski definition) is 3. The largest absolute Gasteiger partial charge is 0.344 e. The average molecular weight is 373 g/mol. The van der Waals surface area contributed by atoms with Gasteiger partial charge in [0.1, 0.15) is 3.69 Å². The highest BCUT2D eigenvalue weighted by atomic mass is 79.9. The Hall–Kier alpha value is 0.847. The van der Waals surface area contributed by atoms with Gasteiger partial charge in [0.15, 0.2) is 0 Å². The van der Waals surface area contributed by atoms with Crippen molar-refractivity contribution in [3.8, 4) is 0 Å². The minimum atomic E-state index is -3.12. The molecule has 0 amide bonds. The molecular weight excluding hydrogens is 343 g/mol. The topological polar surface area (TPSA) is 35.5 Å². The summed E-state index contributed by atoms with van der Waals surface area (Å²) in [6.07, 6.45) is 4.21. The molecule has 0 radical (unpaired) electrons. The molecule has 0 bridgehead atoms. The average Bonchev–Trinajstić information content (AvgIpc) is 2.28. The van der Waals surface area contributed by atoms with E-state index in [1.54, 1.807) is 0 Å². The monoisotopic (exact) mass is 372 g/mol. The van der Waals surface area contributed by atoms with Crippen LogP contribution in [0, 0.1) is 0 Å². The van der Waals surface area contributed by atoms with Crippen molar-refractivity contribution in [2.75, 3.05) is 13.2 Å². The standard InChI is InChI=1S/C13H30BrO3PSi/c1-7-10-11-12-13(14,19(4,5)6)18(15,16-8-2)17-9-3/h7-12H2,1-6H3. The lowest BCUT2D eigenvalue weighted by Gasteiger charge is -2.42. The predicted octanol–water partition coefficient (Wildman–Crippen LogP) is 5.80. The molecule has 3 nitrogen and oxygen atoms in total. The molecule has 0 saturated carbocycles. The van der Waals surface area contributed by atoms with Gasteiger partial charge < -0.3 is 9.05 Å². The van der Waals surface area contributed by atoms with Gasteiger partial charge in [-0.1, -0.05) is 61.8 Å². The molecule has 0 saturated heterocycles. The van der Waals surface area contributed by atoms with Crippen molar-refractivity contribution in [2.24, 2.45) is 0 Å². The first-order chi connectivity index (χ1) is 8.68. The first kappa shape index (κ1) is 19.8. The highest BCUT2D eigenvalue weighted by Crippen LogP contribution is 2.68. The molecular formula is C13H30BrO3PSi. The van der Waals surface area contributed by atoms with E-state index in [4.69, 9.17) is 9.05 Å². The van der Waals surface area contributed by atoms with Crippen LogP contribution >= 0.6 is 23.5 Å². The number of rotatable bonds is 10. The molecule has 0 rings (SSSR count). The van der Waals surface area contributed by atoms with Gasteiger partial charge in [-0.25, -0.2) is 0 Å². The van der Waals surface area contributed by atoms with Gasteiger partial charge in [0.25, 0.3) is 0 Å². The SMILES string of the molecule is CCCCCC(Br)([Si](C)(C)C)P(=O)(OCC)OCC. The van der Waals surface area contributed by atoms with Gasteiger partial charge in [0.05, 0.1) is 21.3 Å². The van der Waals surface area contributed by atoms with E-state index >= 15 is 0 Å². The molecule has 0 aromatic carbocycles. The van der Waals surface area contributed by atoms with Gasteiger partial charge in [-0.05, 0) is 20.3 Å². The van der Waals surface area contributed by atoms with Gasteiger partial charge >= 0.3 is 7.60 Å². The molecule has 0 N–H and O–H groups in total. The zero-order valence-corrected chi connectivity index (χ0v) is 16.8. The van der Waals surface area contributed by atoms with Crippen LogP contribution in [0.5, 0.6) is 0 Å². The molecule has 0 fully saturated rings. The summed E-state index contributed by atoms with van der Waals surface area (Å²) in [6, 6.07) is 0. The second-order valence-corrected chi connectivity index (χ2v) is 16.5. The van der Waals surface area contributed by atoms with Crippen LogP contribution in [0.15, 0.2) is 0 Å². The molecule has 1 atom stereocenters. The lowest BCUT2D eigenvalue weighted by Crippen LogP contribution is -2.47. The summed E-state index contributed by atoms with van der Waals surface area (Å²) < 4.78 is 24.0. The van der Waals surface area contributed by atoms with Crippen LogP contribution in [0.3, 0.4) is 0 Å². The Bertz CT molecular complexity index is 297. The predicted molar refractivity (Wildman–Crippen MR) is 90.0 cm³/mol. The van der Waals surface area contributed by atoms with E-state index in [1.807, 2.05) is 13.8 Å². The Morgan fingerprint density at radius 2 is 1.53 bits per heavy atom. The zero-order chi connectivity index (χ0) is 15.2. The van der Waals surface area contributed by atoms with Crippen molar-refractivity contribution < 1.29 is 13.6 Å². The molecule has 0 aliphatic heterocycles. The fraction of sp³-hybridized carbons (Fsp3) is 1.00. The third-order valence-electron chi connectivity index (χ3n) is 3.29. The summed E-state index contributed by atoms with van der Waals surface area (Å²) in [6.45, 7) is 13.4. The molecule has 0 aliphatic rings. The van der Waals surface area contributed by atoms with Gasteiger partial charge in [0.2, 0.25) is 0 Å². The van der Waals surface area contributed by atoms with E-state index in [1.165, 1.54) is 0 Å². The van der Waals surface area contributed by atoms with Gasteiger partial charge in [0, 0.05) is 0 Å². The molecule has 6 heteroatoms. The summed E-state index contributed by atoms with van der Waals surface area (Å²) in [5.74, 6) is 0. The zero-order valence-electron chi connectivity index (χ0n) is 13.3. The Balaban J connectivity index is 5.35. The summed E-state index contributed by atoms with van der Waals surface area (Å²) in [5, 5.41) is 0. The second-order valence-electron chi connectivity index (χ2n) is 5.80. The van der Waals surface area contributed by atoms with E-state index in [9.17, 15) is 4.57 Å². The maximum absolute atomic E-state index is 13.2. The highest BCUT2D eigenvalue weighted by molar-refractivity contribution is 9.11. The van der Waals surface area contributed by atoms with E-state index in [2.05, 4.69) is 42.5 Å². The van der Waals surface area contributed by atoms with Crippen molar-refractivity contribution in [3.63, 3.8) is 0 Å². The third-order valence-corrected chi connectivity index (χ3v) is 16.2. The van der Waals surface area contributed by atoms with Gasteiger partial charge in [-0.15, -0.1) is 0 Å². The molecule has 0 heterocycles. The maximum atomic E-state index is 13.2. The number of unbranched alkanes of at least 4 members (excludes halogenated alkanes) is 2. The summed E-state index contributed by atoms with van der Waals surface area (Å²) in [4.78, 5) is 0. The lowest BCUT2D eigenvalue weighted by atomic mass is 10.2. The number of halogens is 1. The van der Waals surface area contributed by atoms with Crippen LogP contribution in [0.1, 0.15) is 46.5 Å². The minimum absolute atomic E-state index is 0.420. The lowest BCUT2D eigenvalue weighted by molar-refractivity contribution is 0.213. The fourth-order valence-electron chi connectivity index (χ4n) is 2.11. The van der Waals surface area contributed by atoms with Crippen molar-refractivity contribution in [1.82, 2.24) is 0 Å². The molecule has 0 aliphatic carbocycles. The van der Waals surface area contributed by atoms with Gasteiger partial charge in [-0.2, -0.15) is 0 Å². The van der Waals surface area contributed by atoms with Crippen LogP contribution in [-0.4, -0.2) is 25.0 Å². The summed E-state index contributed by atoms with van der Waals surface area (Å²) >= 11 is 3.81. The Morgan fingerprint density at radius 1 is 1.05 bits per heavy atom. The third kappa shape index (κ3) is 4.96. The molecule has 0 spiro atoms. The van der Waals surface area contributed by atoms with Gasteiger partial charge in [-0.3, -0.25) is 4.57 Å². The highest BCUT2D eigenvalue weighted by Gasteiger charge is 2.56. The maximum Gasteiger partial charge on any atom is 0.344 e. The van der Waals surface area contributed by atoms with Crippen LogP contribution in [0.2, 0.25) is 19.6 Å². The van der Waals surface area contributed by atoms with Crippen molar-refractivity contribution >= 4 is 31.6 Å². The Morgan fingerprint density at radius 3 is 1.84 bits per heavy atom. The summed E-state index contributed by atoms with van der Waals surface area (Å²) in [7, 11) is -4.89. The minimum Gasteiger partial charge on any atom is -0.308 e. The number of alkyl halides is 1. The first-order valence-electron chi connectivity index (χ1n) is 7.26. The normalized spacial score (nSPS) is 16.4. The quantitative estimate of drug-likeness (QED) is 0.210. The molecule has 19 heavy (non-hydrogen) atoms. The molecule has 1 unspecified atom stereocenters. The molecule has 0 aromatic heterocycles. The Kier molecular flexibility index (Phi) is 8.70. The van der Waals surface area contributed by atoms with Crippen LogP contribution in [0.25, 0.3) is 0 Å². The first-order valence-corrected chi connectivity index (χ1v) is 13.1. The molecule has 0 aromatic rings. The number of hydrogen-bond donors (Lipinski definition) is 0. The van der Waals surface area contributed by atoms with Crippen LogP contribution in [0.4, 0.5) is 0 Å². The Labute approximate surface area is 128 Å². The van der Waals surface area contributed by atoms with Crippen LogP contribution < -0.4 is 0 Å². The van der Waals surface area contributed by atoms with E-state index in [-0.39, 0.29) is 0 Å². The smallest absolute Gasteiger partial charge is 0.308 e. The summed E-state index contributed by atoms with van der Waals surface area (Å²) in [5.41, 5.74) is 0.